The molecule has 3 aromatic rings. The number of fused-ring (bicyclic) bond motifs is 1. The number of benzene rings is 2. The highest BCUT2D eigenvalue weighted by Crippen LogP contribution is 2.31. The normalized spacial score (nSPS) is 15.2. The molecular formula is C27H27N5O. The van der Waals surface area contributed by atoms with Gasteiger partial charge in [-0.1, -0.05) is 55.5 Å². The molecule has 0 atom stereocenters. The number of rotatable bonds is 6. The molecule has 0 spiro atoms. The molecule has 0 saturated heterocycles. The molecule has 0 fully saturated rings. The second-order valence-corrected chi connectivity index (χ2v) is 8.49. The molecule has 0 bridgehead atoms. The van der Waals surface area contributed by atoms with Crippen molar-refractivity contribution in [2.45, 2.75) is 52.1 Å². The van der Waals surface area contributed by atoms with Crippen LogP contribution in [0.5, 0.6) is 5.75 Å². The SMILES string of the molecule is CCc1cc(OCc2ccc(-c3ccccc3C3=NN=NC(=N)C3)cc2)c2c(n1)CCCC2. The molecule has 166 valence electrons. The van der Waals surface area contributed by atoms with Crippen LogP contribution in [0.3, 0.4) is 0 Å². The number of nitrogens with one attached hydrogen (secondary N) is 1. The maximum atomic E-state index is 7.81. The quantitative estimate of drug-likeness (QED) is 0.490. The van der Waals surface area contributed by atoms with Crippen molar-refractivity contribution in [1.29, 1.82) is 5.41 Å². The van der Waals surface area contributed by atoms with Crippen LogP contribution in [0.15, 0.2) is 70.0 Å². The zero-order valence-electron chi connectivity index (χ0n) is 18.8. The van der Waals surface area contributed by atoms with Crippen molar-refractivity contribution in [3.8, 4) is 16.9 Å². The van der Waals surface area contributed by atoms with Gasteiger partial charge in [0.15, 0.2) is 5.84 Å². The Morgan fingerprint density at radius 3 is 2.55 bits per heavy atom. The molecule has 0 saturated carbocycles. The van der Waals surface area contributed by atoms with Crippen molar-refractivity contribution < 1.29 is 4.74 Å². The van der Waals surface area contributed by atoms with Crippen molar-refractivity contribution in [2.24, 2.45) is 15.4 Å². The third kappa shape index (κ3) is 4.60. The van der Waals surface area contributed by atoms with Crippen molar-refractivity contribution >= 4 is 11.5 Å². The average molecular weight is 438 g/mol. The molecule has 6 heteroatoms. The number of aryl methyl sites for hydroxylation is 2. The van der Waals surface area contributed by atoms with Gasteiger partial charge in [0, 0.05) is 28.6 Å². The minimum atomic E-state index is 0.229. The number of ether oxygens (including phenoxy) is 1. The fraction of sp³-hybridized carbons (Fsp3) is 0.296. The molecular weight excluding hydrogens is 410 g/mol. The molecule has 1 aliphatic carbocycles. The Morgan fingerprint density at radius 1 is 0.970 bits per heavy atom. The lowest BCUT2D eigenvalue weighted by Crippen LogP contribution is -2.11. The summed E-state index contributed by atoms with van der Waals surface area (Å²) in [6, 6.07) is 18.7. The molecule has 5 rings (SSSR count). The Kier molecular flexibility index (Phi) is 6.07. The van der Waals surface area contributed by atoms with Gasteiger partial charge >= 0.3 is 0 Å². The largest absolute Gasteiger partial charge is 0.488 e. The maximum Gasteiger partial charge on any atom is 0.151 e. The van der Waals surface area contributed by atoms with Crippen LogP contribution in [0, 0.1) is 5.41 Å². The molecule has 1 aliphatic heterocycles. The number of hydrogen-bond acceptors (Lipinski definition) is 5. The highest BCUT2D eigenvalue weighted by Gasteiger charge is 2.18. The van der Waals surface area contributed by atoms with E-state index in [1.807, 2.05) is 18.2 Å². The van der Waals surface area contributed by atoms with Crippen LogP contribution in [0.1, 0.15) is 54.3 Å². The van der Waals surface area contributed by atoms with Crippen molar-refractivity contribution in [3.63, 3.8) is 0 Å². The first-order valence-electron chi connectivity index (χ1n) is 11.6. The lowest BCUT2D eigenvalue weighted by Gasteiger charge is -2.20. The summed E-state index contributed by atoms with van der Waals surface area (Å²) in [5.41, 5.74) is 8.68. The molecule has 1 aromatic heterocycles. The first kappa shape index (κ1) is 21.2. The van der Waals surface area contributed by atoms with Crippen LogP contribution in [0.2, 0.25) is 0 Å². The Morgan fingerprint density at radius 2 is 1.76 bits per heavy atom. The Bertz CT molecular complexity index is 1240. The molecule has 0 radical (unpaired) electrons. The summed E-state index contributed by atoms with van der Waals surface area (Å²) >= 11 is 0. The topological polar surface area (TPSA) is 83.0 Å². The van der Waals surface area contributed by atoms with Gasteiger partial charge in [-0.25, -0.2) is 0 Å². The van der Waals surface area contributed by atoms with E-state index in [2.05, 4.69) is 58.8 Å². The zero-order valence-corrected chi connectivity index (χ0v) is 18.8. The van der Waals surface area contributed by atoms with E-state index in [-0.39, 0.29) is 5.84 Å². The maximum absolute atomic E-state index is 7.81. The van der Waals surface area contributed by atoms with Gasteiger partial charge in [0.2, 0.25) is 0 Å². The van der Waals surface area contributed by atoms with Crippen LogP contribution in [0.25, 0.3) is 11.1 Å². The van der Waals surface area contributed by atoms with Crippen LogP contribution >= 0.6 is 0 Å². The fourth-order valence-electron chi connectivity index (χ4n) is 4.47. The van der Waals surface area contributed by atoms with E-state index in [0.717, 1.165) is 58.7 Å². The van der Waals surface area contributed by atoms with Gasteiger partial charge in [-0.15, -0.1) is 10.2 Å². The van der Waals surface area contributed by atoms with Gasteiger partial charge in [-0.05, 0) is 54.0 Å². The predicted molar refractivity (Wildman–Crippen MR) is 130 cm³/mol. The summed E-state index contributed by atoms with van der Waals surface area (Å²) in [6.45, 7) is 2.67. The van der Waals surface area contributed by atoms with Crippen molar-refractivity contribution in [3.05, 3.63) is 82.7 Å². The van der Waals surface area contributed by atoms with Crippen molar-refractivity contribution in [1.82, 2.24) is 4.98 Å². The van der Waals surface area contributed by atoms with Gasteiger partial charge in [-0.2, -0.15) is 0 Å². The standard InChI is InChI=1S/C27H27N5O/c1-2-20-15-26(23-9-5-6-10-24(23)29-20)33-17-18-11-13-19(14-12-18)21-7-3-4-8-22(21)25-16-27(28)31-32-30-25/h3-4,7-8,11-15,28H,2,5-6,9-10,16-17H2,1H3. The number of hydrogen-bond donors (Lipinski definition) is 1. The van der Waals surface area contributed by atoms with Crippen LogP contribution < -0.4 is 4.74 Å². The summed E-state index contributed by atoms with van der Waals surface area (Å²) in [5, 5.41) is 19.4. The molecule has 0 unspecified atom stereocenters. The minimum absolute atomic E-state index is 0.229. The Labute approximate surface area is 194 Å². The Hall–Kier alpha value is -3.67. The van der Waals surface area contributed by atoms with Gasteiger partial charge < -0.3 is 4.74 Å². The van der Waals surface area contributed by atoms with E-state index in [1.54, 1.807) is 0 Å². The van der Waals surface area contributed by atoms with E-state index >= 15 is 0 Å². The van der Waals surface area contributed by atoms with Gasteiger partial charge in [0.25, 0.3) is 0 Å². The smallest absolute Gasteiger partial charge is 0.151 e. The molecule has 1 N–H and O–H groups in total. The third-order valence-corrected chi connectivity index (χ3v) is 6.24. The molecule has 2 heterocycles. The van der Waals surface area contributed by atoms with E-state index in [0.29, 0.717) is 13.0 Å². The van der Waals surface area contributed by atoms with E-state index < -0.39 is 0 Å². The van der Waals surface area contributed by atoms with Gasteiger partial charge in [0.05, 0.1) is 12.1 Å². The number of amidine groups is 1. The number of pyridine rings is 1. The number of nitrogens with zero attached hydrogens (tertiary/aromatic N) is 4. The molecule has 33 heavy (non-hydrogen) atoms. The Balaban J connectivity index is 1.35. The van der Waals surface area contributed by atoms with Crippen LogP contribution in [-0.4, -0.2) is 16.5 Å². The summed E-state index contributed by atoms with van der Waals surface area (Å²) < 4.78 is 6.30. The second kappa shape index (κ2) is 9.45. The highest BCUT2D eigenvalue weighted by atomic mass is 16.5. The van der Waals surface area contributed by atoms with E-state index in [4.69, 9.17) is 15.1 Å². The molecule has 2 aliphatic rings. The predicted octanol–water partition coefficient (Wildman–Crippen LogP) is 6.31. The summed E-state index contributed by atoms with van der Waals surface area (Å²) in [5.74, 6) is 1.23. The summed E-state index contributed by atoms with van der Waals surface area (Å²) in [6.07, 6.45) is 5.84. The van der Waals surface area contributed by atoms with Gasteiger partial charge in [-0.3, -0.25) is 10.4 Å². The minimum Gasteiger partial charge on any atom is -0.488 e. The fourth-order valence-corrected chi connectivity index (χ4v) is 4.47. The average Bonchev–Trinajstić information content (AvgIpc) is 2.87. The first-order valence-corrected chi connectivity index (χ1v) is 11.6. The van der Waals surface area contributed by atoms with Crippen molar-refractivity contribution in [2.75, 3.05) is 0 Å². The molecule has 0 amide bonds. The van der Waals surface area contributed by atoms with E-state index in [1.165, 1.54) is 24.1 Å². The number of aromatic nitrogens is 1. The zero-order chi connectivity index (χ0) is 22.6. The lowest BCUT2D eigenvalue weighted by atomic mass is 9.94. The monoisotopic (exact) mass is 437 g/mol. The van der Waals surface area contributed by atoms with E-state index in [9.17, 15) is 0 Å². The summed E-state index contributed by atoms with van der Waals surface area (Å²) in [7, 11) is 0. The first-order chi connectivity index (χ1) is 16.2. The molecule has 2 aromatic carbocycles. The third-order valence-electron chi connectivity index (χ3n) is 6.24. The lowest BCUT2D eigenvalue weighted by molar-refractivity contribution is 0.300. The van der Waals surface area contributed by atoms with Crippen LogP contribution in [0.4, 0.5) is 0 Å². The second-order valence-electron chi connectivity index (χ2n) is 8.49. The van der Waals surface area contributed by atoms with Crippen LogP contribution in [-0.2, 0) is 25.9 Å². The highest BCUT2D eigenvalue weighted by molar-refractivity contribution is 6.14. The van der Waals surface area contributed by atoms with Gasteiger partial charge in [0.1, 0.15) is 12.4 Å². The summed E-state index contributed by atoms with van der Waals surface area (Å²) in [4.78, 5) is 4.83. The molecule has 6 nitrogen and oxygen atoms in total.